The van der Waals surface area contributed by atoms with Crippen LogP contribution in [0.1, 0.15) is 22.8 Å². The summed E-state index contributed by atoms with van der Waals surface area (Å²) in [5, 5.41) is 2.59. The van der Waals surface area contributed by atoms with Crippen molar-refractivity contribution in [3.63, 3.8) is 0 Å². The van der Waals surface area contributed by atoms with Crippen molar-refractivity contribution in [2.75, 3.05) is 19.4 Å². The molecule has 0 heterocycles. The molecule has 0 radical (unpaired) electrons. The number of anilines is 1. The summed E-state index contributed by atoms with van der Waals surface area (Å²) in [6.45, 7) is 3.70. The first-order valence-electron chi connectivity index (χ1n) is 5.32. The molecule has 17 heavy (non-hydrogen) atoms. The summed E-state index contributed by atoms with van der Waals surface area (Å²) in [6, 6.07) is 2.82. The van der Waals surface area contributed by atoms with Crippen molar-refractivity contribution >= 4 is 11.6 Å². The highest BCUT2D eigenvalue weighted by Crippen LogP contribution is 2.16. The van der Waals surface area contributed by atoms with E-state index in [0.717, 1.165) is 0 Å². The fourth-order valence-electron chi connectivity index (χ4n) is 1.38. The Morgan fingerprint density at radius 2 is 2.24 bits per heavy atom. The molecular formula is C12H17FN2O2. The maximum atomic E-state index is 13.7. The lowest BCUT2D eigenvalue weighted by atomic mass is 10.1. The van der Waals surface area contributed by atoms with Gasteiger partial charge in [-0.2, -0.15) is 0 Å². The first-order valence-corrected chi connectivity index (χ1v) is 5.32. The summed E-state index contributed by atoms with van der Waals surface area (Å²) in [4.78, 5) is 11.7. The Balaban J connectivity index is 2.82. The smallest absolute Gasteiger partial charge is 0.254 e. The molecule has 0 saturated heterocycles. The number of carbonyl (C=O) groups excluding carboxylic acids is 1. The molecule has 4 nitrogen and oxygen atoms in total. The van der Waals surface area contributed by atoms with Gasteiger partial charge >= 0.3 is 0 Å². The highest BCUT2D eigenvalue weighted by atomic mass is 19.1. The fraction of sp³-hybridized carbons (Fsp3) is 0.417. The maximum absolute atomic E-state index is 13.7. The minimum atomic E-state index is -0.540. The highest BCUT2D eigenvalue weighted by Gasteiger charge is 2.15. The van der Waals surface area contributed by atoms with E-state index >= 15 is 0 Å². The largest absolute Gasteiger partial charge is 0.399 e. The number of amides is 1. The lowest BCUT2D eigenvalue weighted by Gasteiger charge is -2.12. The third-order valence-corrected chi connectivity index (χ3v) is 2.47. The van der Waals surface area contributed by atoms with Crippen molar-refractivity contribution in [3.05, 3.63) is 29.1 Å². The summed E-state index contributed by atoms with van der Waals surface area (Å²) in [5.41, 5.74) is 6.27. The van der Waals surface area contributed by atoms with E-state index in [1.165, 1.54) is 12.1 Å². The van der Waals surface area contributed by atoms with Gasteiger partial charge in [0.15, 0.2) is 0 Å². The molecule has 0 aromatic heterocycles. The Hall–Kier alpha value is -1.62. The van der Waals surface area contributed by atoms with Gasteiger partial charge in [-0.1, -0.05) is 0 Å². The summed E-state index contributed by atoms with van der Waals surface area (Å²) in [5.74, 6) is -1.02. The lowest BCUT2D eigenvalue weighted by molar-refractivity contribution is 0.0867. The number of aryl methyl sites for hydroxylation is 1. The fourth-order valence-corrected chi connectivity index (χ4v) is 1.38. The lowest BCUT2D eigenvalue weighted by Crippen LogP contribution is -2.32. The van der Waals surface area contributed by atoms with Crippen LogP contribution in [-0.2, 0) is 4.74 Å². The molecular weight excluding hydrogens is 223 g/mol. The second kappa shape index (κ2) is 5.63. The van der Waals surface area contributed by atoms with Crippen molar-refractivity contribution in [1.82, 2.24) is 5.32 Å². The molecule has 1 amide bonds. The van der Waals surface area contributed by atoms with Crippen molar-refractivity contribution in [1.29, 1.82) is 0 Å². The molecule has 5 heteroatoms. The maximum Gasteiger partial charge on any atom is 0.254 e. The van der Waals surface area contributed by atoms with Crippen LogP contribution >= 0.6 is 0 Å². The van der Waals surface area contributed by atoms with Crippen molar-refractivity contribution < 1.29 is 13.9 Å². The molecule has 1 rings (SSSR count). The van der Waals surface area contributed by atoms with E-state index in [0.29, 0.717) is 17.8 Å². The van der Waals surface area contributed by atoms with Crippen LogP contribution in [0.15, 0.2) is 12.1 Å². The van der Waals surface area contributed by atoms with Crippen LogP contribution in [0.5, 0.6) is 0 Å². The number of benzene rings is 1. The van der Waals surface area contributed by atoms with Crippen molar-refractivity contribution in [2.45, 2.75) is 20.0 Å². The van der Waals surface area contributed by atoms with Gasteiger partial charge in [0.2, 0.25) is 0 Å². The summed E-state index contributed by atoms with van der Waals surface area (Å²) in [7, 11) is 1.54. The van der Waals surface area contributed by atoms with Crippen LogP contribution in [0.2, 0.25) is 0 Å². The Labute approximate surface area is 100.0 Å². The van der Waals surface area contributed by atoms with Crippen LogP contribution in [0, 0.1) is 12.7 Å². The van der Waals surface area contributed by atoms with Gasteiger partial charge in [0.25, 0.3) is 5.91 Å². The van der Waals surface area contributed by atoms with Gasteiger partial charge in [0.05, 0.1) is 11.7 Å². The zero-order valence-corrected chi connectivity index (χ0v) is 10.2. The molecule has 0 bridgehead atoms. The molecule has 0 saturated carbocycles. The van der Waals surface area contributed by atoms with Crippen molar-refractivity contribution in [3.8, 4) is 0 Å². The third-order valence-electron chi connectivity index (χ3n) is 2.47. The number of halogens is 1. The molecule has 94 valence electrons. The van der Waals surface area contributed by atoms with Crippen LogP contribution in [0.25, 0.3) is 0 Å². The molecule has 0 aliphatic rings. The summed E-state index contributed by atoms with van der Waals surface area (Å²) in [6.07, 6.45) is -0.121. The van der Waals surface area contributed by atoms with Gasteiger partial charge in [-0.05, 0) is 31.5 Å². The number of ether oxygens (including phenoxy) is 1. The molecule has 1 atom stereocenters. The average Bonchev–Trinajstić information content (AvgIpc) is 2.30. The normalized spacial score (nSPS) is 12.2. The molecule has 1 unspecified atom stereocenters. The zero-order chi connectivity index (χ0) is 13.0. The predicted molar refractivity (Wildman–Crippen MR) is 64.4 cm³/mol. The van der Waals surface area contributed by atoms with Gasteiger partial charge in [-0.3, -0.25) is 4.79 Å². The molecule has 0 spiro atoms. The zero-order valence-electron chi connectivity index (χ0n) is 10.2. The minimum absolute atomic E-state index is 0.0363. The second-order valence-corrected chi connectivity index (χ2v) is 3.96. The van der Waals surface area contributed by atoms with E-state index in [2.05, 4.69) is 5.32 Å². The van der Waals surface area contributed by atoms with Gasteiger partial charge in [-0.25, -0.2) is 4.39 Å². The topological polar surface area (TPSA) is 64.3 Å². The van der Waals surface area contributed by atoms with Gasteiger partial charge in [0.1, 0.15) is 5.82 Å². The van der Waals surface area contributed by atoms with Crippen molar-refractivity contribution in [2.24, 2.45) is 0 Å². The van der Waals surface area contributed by atoms with E-state index in [1.807, 2.05) is 0 Å². The van der Waals surface area contributed by atoms with E-state index in [4.69, 9.17) is 10.5 Å². The quantitative estimate of drug-likeness (QED) is 0.783. The summed E-state index contributed by atoms with van der Waals surface area (Å²) >= 11 is 0. The molecule has 0 aliphatic carbocycles. The first-order chi connectivity index (χ1) is 7.95. The standard InChI is InChI=1S/C12H17FN2O2/c1-7-4-9(14)5-10(11(7)13)12(16)15-6-8(2)17-3/h4-5,8H,6,14H2,1-3H3,(H,15,16). The number of nitrogen functional groups attached to an aromatic ring is 1. The first kappa shape index (κ1) is 13.4. The number of hydrogen-bond acceptors (Lipinski definition) is 3. The molecule has 0 fully saturated rings. The number of rotatable bonds is 4. The van der Waals surface area contributed by atoms with E-state index in [9.17, 15) is 9.18 Å². The number of hydrogen-bond donors (Lipinski definition) is 2. The monoisotopic (exact) mass is 240 g/mol. The Morgan fingerprint density at radius 1 is 1.59 bits per heavy atom. The SMILES string of the molecule is COC(C)CNC(=O)c1cc(N)cc(C)c1F. The van der Waals surface area contributed by atoms with Crippen LogP contribution in [0.3, 0.4) is 0 Å². The highest BCUT2D eigenvalue weighted by molar-refractivity contribution is 5.95. The average molecular weight is 240 g/mol. The van der Waals surface area contributed by atoms with E-state index < -0.39 is 11.7 Å². The van der Waals surface area contributed by atoms with Crippen LogP contribution < -0.4 is 11.1 Å². The predicted octanol–water partition coefficient (Wildman–Crippen LogP) is 1.48. The van der Waals surface area contributed by atoms with E-state index in [1.54, 1.807) is 21.0 Å². The Morgan fingerprint density at radius 3 is 2.82 bits per heavy atom. The van der Waals surface area contributed by atoms with Gasteiger partial charge < -0.3 is 15.8 Å². The third kappa shape index (κ3) is 3.42. The minimum Gasteiger partial charge on any atom is -0.399 e. The van der Waals surface area contributed by atoms with Crippen LogP contribution in [-0.4, -0.2) is 25.7 Å². The number of methoxy groups -OCH3 is 1. The number of nitrogens with two attached hydrogens (primary N) is 1. The Bertz CT molecular complexity index is 421. The second-order valence-electron chi connectivity index (χ2n) is 3.96. The Kier molecular flexibility index (Phi) is 4.45. The van der Waals surface area contributed by atoms with Crippen LogP contribution in [0.4, 0.5) is 10.1 Å². The molecule has 1 aromatic rings. The molecule has 0 aliphatic heterocycles. The molecule has 3 N–H and O–H groups in total. The molecule has 1 aromatic carbocycles. The van der Waals surface area contributed by atoms with E-state index in [-0.39, 0.29) is 11.7 Å². The summed E-state index contributed by atoms with van der Waals surface area (Å²) < 4.78 is 18.7. The van der Waals surface area contributed by atoms with Gasteiger partial charge in [-0.15, -0.1) is 0 Å². The number of nitrogens with one attached hydrogen (secondary N) is 1. The van der Waals surface area contributed by atoms with Gasteiger partial charge in [0, 0.05) is 19.3 Å². The number of carbonyl (C=O) groups is 1.